The van der Waals surface area contributed by atoms with E-state index in [-0.39, 0.29) is 11.4 Å². The second kappa shape index (κ2) is 12.7. The van der Waals surface area contributed by atoms with Crippen molar-refractivity contribution in [3.8, 4) is 28.5 Å². The number of halogens is 9. The van der Waals surface area contributed by atoms with Crippen molar-refractivity contribution in [2.24, 2.45) is 0 Å². The van der Waals surface area contributed by atoms with E-state index in [1.165, 1.54) is 31.4 Å². The molecule has 1 aromatic heterocycles. The number of anilines is 1. The second-order valence-electron chi connectivity index (χ2n) is 7.98. The number of aromatic nitrogens is 2. The minimum Gasteiger partial charge on any atom is -0.497 e. The van der Waals surface area contributed by atoms with Gasteiger partial charge in [0, 0.05) is 29.4 Å². The molecule has 7 nitrogen and oxygen atoms in total. The number of benzene rings is 2. The number of nitrogens with one attached hydrogen (secondary N) is 1. The molecule has 0 atom stereocenters. The van der Waals surface area contributed by atoms with E-state index in [0.717, 1.165) is 24.3 Å². The van der Waals surface area contributed by atoms with Crippen LogP contribution < -0.4 is 19.5 Å². The van der Waals surface area contributed by atoms with Crippen molar-refractivity contribution >= 4 is 23.4 Å². The van der Waals surface area contributed by atoms with E-state index in [4.69, 9.17) is 4.74 Å². The molecule has 0 unspecified atom stereocenters. The number of hydrogen-bond donors (Lipinski definition) is 1. The van der Waals surface area contributed by atoms with Crippen LogP contribution in [0.2, 0.25) is 0 Å². The van der Waals surface area contributed by atoms with Gasteiger partial charge in [0.25, 0.3) is 0 Å². The first-order valence-electron chi connectivity index (χ1n) is 11.1. The Hall–Kier alpha value is -3.89. The van der Waals surface area contributed by atoms with E-state index in [1.807, 2.05) is 0 Å². The largest absolute Gasteiger partial charge is 0.497 e. The topological polar surface area (TPSA) is 82.6 Å². The molecule has 3 aromatic rings. The number of hydrogen-bond acceptors (Lipinski definition) is 7. The Morgan fingerprint density at radius 3 is 1.85 bits per heavy atom. The highest BCUT2D eigenvalue weighted by Crippen LogP contribution is 2.33. The third-order valence-electron chi connectivity index (χ3n) is 4.68. The summed E-state index contributed by atoms with van der Waals surface area (Å²) in [6, 6.07) is 9.23. The molecular formula is C24H18F9N3O4S. The van der Waals surface area contributed by atoms with Crippen LogP contribution in [0.1, 0.15) is 5.69 Å². The van der Waals surface area contributed by atoms with Crippen molar-refractivity contribution in [2.75, 3.05) is 31.4 Å². The van der Waals surface area contributed by atoms with Crippen LogP contribution in [0.4, 0.5) is 45.2 Å². The first kappa shape index (κ1) is 31.6. The van der Waals surface area contributed by atoms with Crippen LogP contribution in [-0.4, -0.2) is 54.3 Å². The van der Waals surface area contributed by atoms with E-state index in [9.17, 15) is 44.3 Å². The number of carbonyl (C=O) groups is 1. The van der Waals surface area contributed by atoms with Crippen molar-refractivity contribution in [3.05, 3.63) is 54.2 Å². The number of rotatable bonds is 10. The fourth-order valence-corrected chi connectivity index (χ4v) is 3.67. The average Bonchev–Trinajstić information content (AvgIpc) is 2.88. The molecule has 41 heavy (non-hydrogen) atoms. The molecule has 0 saturated heterocycles. The minimum atomic E-state index is -4.84. The van der Waals surface area contributed by atoms with Gasteiger partial charge in [0.1, 0.15) is 22.9 Å². The van der Waals surface area contributed by atoms with Gasteiger partial charge in [-0.3, -0.25) is 4.79 Å². The first-order chi connectivity index (χ1) is 19.0. The first-order valence-corrected chi connectivity index (χ1v) is 12.1. The lowest BCUT2D eigenvalue weighted by Gasteiger charge is -2.15. The number of methoxy groups -OCH3 is 1. The van der Waals surface area contributed by atoms with Crippen LogP contribution in [0.3, 0.4) is 0 Å². The molecular weight excluding hydrogens is 597 g/mol. The molecule has 3 rings (SSSR count). The summed E-state index contributed by atoms with van der Waals surface area (Å²) in [6.07, 6.45) is -14.4. The van der Waals surface area contributed by atoms with E-state index in [0.29, 0.717) is 23.1 Å². The lowest BCUT2D eigenvalue weighted by molar-refractivity contribution is -0.154. The molecule has 0 saturated carbocycles. The van der Waals surface area contributed by atoms with Crippen molar-refractivity contribution in [1.82, 2.24) is 9.97 Å². The molecule has 1 N–H and O–H groups in total. The van der Waals surface area contributed by atoms with Crippen LogP contribution in [0.15, 0.2) is 53.7 Å². The lowest BCUT2D eigenvalue weighted by Crippen LogP contribution is -2.21. The summed E-state index contributed by atoms with van der Waals surface area (Å²) in [5, 5.41) is 1.80. The highest BCUT2D eigenvalue weighted by Gasteiger charge is 2.34. The van der Waals surface area contributed by atoms with Gasteiger partial charge in [-0.05, 0) is 30.3 Å². The van der Waals surface area contributed by atoms with E-state index in [1.54, 1.807) is 0 Å². The summed E-state index contributed by atoms with van der Waals surface area (Å²) in [5.41, 5.74) is -1.37. The van der Waals surface area contributed by atoms with Crippen LogP contribution in [0.25, 0.3) is 11.3 Å². The highest BCUT2D eigenvalue weighted by atomic mass is 32.2. The fraction of sp³-hybridized carbons (Fsp3) is 0.292. The Kier molecular flexibility index (Phi) is 9.83. The normalized spacial score (nSPS) is 12.1. The summed E-state index contributed by atoms with van der Waals surface area (Å²) in [7, 11) is 1.41. The summed E-state index contributed by atoms with van der Waals surface area (Å²) in [5.74, 6) is -2.14. The Labute approximate surface area is 230 Å². The summed E-state index contributed by atoms with van der Waals surface area (Å²) >= 11 is 0.511. The van der Waals surface area contributed by atoms with Gasteiger partial charge in [0.2, 0.25) is 5.91 Å². The number of alkyl halides is 9. The van der Waals surface area contributed by atoms with Gasteiger partial charge in [0.05, 0.1) is 18.6 Å². The third-order valence-corrected chi connectivity index (χ3v) is 5.53. The van der Waals surface area contributed by atoms with Gasteiger partial charge >= 0.3 is 18.5 Å². The Morgan fingerprint density at radius 2 is 1.37 bits per heavy atom. The molecule has 17 heteroatoms. The molecule has 0 aliphatic heterocycles. The van der Waals surface area contributed by atoms with E-state index >= 15 is 0 Å². The number of amides is 1. The second-order valence-corrected chi connectivity index (χ2v) is 8.93. The summed E-state index contributed by atoms with van der Waals surface area (Å²) < 4.78 is 130. The third kappa shape index (κ3) is 10.5. The van der Waals surface area contributed by atoms with Crippen LogP contribution in [0, 0.1) is 0 Å². The predicted octanol–water partition coefficient (Wildman–Crippen LogP) is 6.78. The quantitative estimate of drug-likeness (QED) is 0.153. The van der Waals surface area contributed by atoms with Crippen LogP contribution in [-0.2, 0) is 11.0 Å². The molecule has 1 heterocycles. The molecule has 0 bridgehead atoms. The van der Waals surface area contributed by atoms with Gasteiger partial charge in [0.15, 0.2) is 18.4 Å². The zero-order chi connectivity index (χ0) is 30.4. The summed E-state index contributed by atoms with van der Waals surface area (Å²) in [6.45, 7) is -3.55. The Balaban J connectivity index is 1.78. The number of nitrogens with zero attached hydrogens (tertiary/aromatic N) is 2. The molecule has 0 fully saturated rings. The summed E-state index contributed by atoms with van der Waals surface area (Å²) in [4.78, 5) is 20.0. The van der Waals surface area contributed by atoms with Gasteiger partial charge < -0.3 is 19.5 Å². The van der Waals surface area contributed by atoms with Crippen LogP contribution >= 0.6 is 11.8 Å². The smallest absolute Gasteiger partial charge is 0.433 e. The Bertz CT molecular complexity index is 1310. The van der Waals surface area contributed by atoms with E-state index < -0.39 is 65.8 Å². The van der Waals surface area contributed by atoms with Crippen molar-refractivity contribution < 1.29 is 58.5 Å². The SMILES string of the molecule is COc1ccc(-c2cc(C(F)(F)F)nc(SCC(=O)Nc3cc(OCC(F)(F)F)cc(OCC(F)(F)F)c3)n2)cc1. The van der Waals surface area contributed by atoms with Crippen molar-refractivity contribution in [1.29, 1.82) is 0 Å². The fourth-order valence-electron chi connectivity index (χ4n) is 3.01. The van der Waals surface area contributed by atoms with Gasteiger partial charge in [-0.25, -0.2) is 9.97 Å². The minimum absolute atomic E-state index is 0.0983. The molecule has 0 radical (unpaired) electrons. The van der Waals surface area contributed by atoms with Crippen molar-refractivity contribution in [3.63, 3.8) is 0 Å². The highest BCUT2D eigenvalue weighted by molar-refractivity contribution is 7.99. The maximum absolute atomic E-state index is 13.5. The maximum Gasteiger partial charge on any atom is 0.433 e. The predicted molar refractivity (Wildman–Crippen MR) is 128 cm³/mol. The molecule has 0 spiro atoms. The molecule has 1 amide bonds. The van der Waals surface area contributed by atoms with Gasteiger partial charge in [-0.15, -0.1) is 0 Å². The van der Waals surface area contributed by atoms with Gasteiger partial charge in [-0.2, -0.15) is 39.5 Å². The average molecular weight is 615 g/mol. The van der Waals surface area contributed by atoms with Crippen molar-refractivity contribution in [2.45, 2.75) is 23.7 Å². The number of thioether (sulfide) groups is 1. The number of ether oxygens (including phenoxy) is 3. The van der Waals surface area contributed by atoms with E-state index in [2.05, 4.69) is 24.8 Å². The molecule has 222 valence electrons. The molecule has 0 aliphatic rings. The molecule has 0 aliphatic carbocycles. The monoisotopic (exact) mass is 615 g/mol. The standard InChI is InChI=1S/C24H18F9N3O4S/c1-38-15-4-2-13(3-5-15)18-9-19(24(31,32)33)36-21(35-18)41-10-20(37)34-14-6-16(39-11-22(25,26)27)8-17(7-14)40-12-23(28,29)30/h2-9H,10-12H2,1H3,(H,34,37). The zero-order valence-corrected chi connectivity index (χ0v) is 21.4. The zero-order valence-electron chi connectivity index (χ0n) is 20.6. The Morgan fingerprint density at radius 1 is 0.805 bits per heavy atom. The number of carbonyl (C=O) groups excluding carboxylic acids is 1. The lowest BCUT2D eigenvalue weighted by atomic mass is 10.1. The van der Waals surface area contributed by atoms with Gasteiger partial charge in [-0.1, -0.05) is 11.8 Å². The van der Waals surface area contributed by atoms with Crippen LogP contribution in [0.5, 0.6) is 17.2 Å². The maximum atomic E-state index is 13.5. The molecule has 2 aromatic carbocycles.